The molecule has 1 fully saturated rings. The number of rotatable bonds is 5. The molecule has 1 N–H and O–H groups in total. The lowest BCUT2D eigenvalue weighted by Gasteiger charge is -2.19. The minimum absolute atomic E-state index is 0.0248. The van der Waals surface area contributed by atoms with Crippen LogP contribution in [0, 0.1) is 0 Å². The molecule has 2 rings (SSSR count). The van der Waals surface area contributed by atoms with Crippen LogP contribution in [-0.4, -0.2) is 11.9 Å². The normalized spacial score (nSPS) is 17.6. The summed E-state index contributed by atoms with van der Waals surface area (Å²) < 4.78 is 0. The van der Waals surface area contributed by atoms with Gasteiger partial charge < -0.3 is 5.32 Å². The zero-order chi connectivity index (χ0) is 12.8. The Kier molecular flexibility index (Phi) is 4.80. The van der Waals surface area contributed by atoms with Gasteiger partial charge in [-0.25, -0.2) is 0 Å². The van der Waals surface area contributed by atoms with Crippen molar-refractivity contribution >= 4 is 5.91 Å². The zero-order valence-electron chi connectivity index (χ0n) is 11.2. The molecule has 0 heterocycles. The molecule has 1 unspecified atom stereocenters. The monoisotopic (exact) mass is 245 g/mol. The highest BCUT2D eigenvalue weighted by Gasteiger charge is 2.23. The van der Waals surface area contributed by atoms with Crippen molar-refractivity contribution in [2.24, 2.45) is 0 Å². The second-order valence-corrected chi connectivity index (χ2v) is 5.24. The van der Waals surface area contributed by atoms with Gasteiger partial charge in [0.05, 0.1) is 5.92 Å². The van der Waals surface area contributed by atoms with Crippen molar-refractivity contribution in [1.29, 1.82) is 0 Å². The lowest BCUT2D eigenvalue weighted by atomic mass is 9.93. The molecule has 18 heavy (non-hydrogen) atoms. The maximum Gasteiger partial charge on any atom is 0.227 e. The summed E-state index contributed by atoms with van der Waals surface area (Å²) in [5.74, 6) is 0.242. The van der Waals surface area contributed by atoms with Crippen LogP contribution in [0.5, 0.6) is 0 Å². The number of amides is 1. The Morgan fingerprint density at radius 2 is 1.94 bits per heavy atom. The third-order valence-corrected chi connectivity index (χ3v) is 3.80. The number of carbonyl (C=O) groups is 1. The molecular formula is C16H23NO. The van der Waals surface area contributed by atoms with E-state index in [1.807, 2.05) is 18.2 Å². The van der Waals surface area contributed by atoms with E-state index in [2.05, 4.69) is 24.4 Å². The van der Waals surface area contributed by atoms with Crippen LogP contribution in [-0.2, 0) is 4.79 Å². The highest BCUT2D eigenvalue weighted by atomic mass is 16.1. The minimum atomic E-state index is 0.0248. The van der Waals surface area contributed by atoms with Crippen molar-refractivity contribution in [2.45, 2.75) is 57.4 Å². The molecule has 1 atom stereocenters. The predicted octanol–water partition coefficient (Wildman–Crippen LogP) is 3.63. The van der Waals surface area contributed by atoms with Crippen LogP contribution in [0.4, 0.5) is 0 Å². The third-order valence-electron chi connectivity index (χ3n) is 3.80. The highest BCUT2D eigenvalue weighted by molar-refractivity contribution is 5.83. The fraction of sp³-hybridized carbons (Fsp3) is 0.562. The molecule has 1 aromatic rings. The van der Waals surface area contributed by atoms with Crippen LogP contribution in [0.15, 0.2) is 30.3 Å². The van der Waals surface area contributed by atoms with E-state index in [0.717, 1.165) is 31.2 Å². The summed E-state index contributed by atoms with van der Waals surface area (Å²) in [4.78, 5) is 12.4. The molecule has 0 aromatic heterocycles. The molecule has 1 aromatic carbocycles. The quantitative estimate of drug-likeness (QED) is 0.843. The first kappa shape index (κ1) is 13.1. The van der Waals surface area contributed by atoms with E-state index in [1.165, 1.54) is 12.8 Å². The van der Waals surface area contributed by atoms with Gasteiger partial charge in [-0.3, -0.25) is 4.79 Å². The lowest BCUT2D eigenvalue weighted by molar-refractivity contribution is -0.123. The number of hydrogen-bond acceptors (Lipinski definition) is 1. The van der Waals surface area contributed by atoms with Gasteiger partial charge >= 0.3 is 0 Å². The Labute approximate surface area is 110 Å². The van der Waals surface area contributed by atoms with Gasteiger partial charge in [-0.15, -0.1) is 0 Å². The molecular weight excluding hydrogens is 222 g/mol. The molecule has 0 spiro atoms. The van der Waals surface area contributed by atoms with E-state index < -0.39 is 0 Å². The van der Waals surface area contributed by atoms with Crippen molar-refractivity contribution in [3.8, 4) is 0 Å². The van der Waals surface area contributed by atoms with Gasteiger partial charge in [0.2, 0.25) is 5.91 Å². The second-order valence-electron chi connectivity index (χ2n) is 5.24. The van der Waals surface area contributed by atoms with E-state index in [0.29, 0.717) is 6.04 Å². The summed E-state index contributed by atoms with van der Waals surface area (Å²) in [5, 5.41) is 3.22. The van der Waals surface area contributed by atoms with E-state index in [9.17, 15) is 4.79 Å². The fourth-order valence-corrected chi connectivity index (χ4v) is 2.80. The Hall–Kier alpha value is -1.31. The van der Waals surface area contributed by atoms with Gasteiger partial charge in [0.25, 0.3) is 0 Å². The highest BCUT2D eigenvalue weighted by Crippen LogP contribution is 2.23. The summed E-state index contributed by atoms with van der Waals surface area (Å²) in [7, 11) is 0. The molecule has 2 nitrogen and oxygen atoms in total. The fourth-order valence-electron chi connectivity index (χ4n) is 2.80. The number of carbonyl (C=O) groups excluding carboxylic acids is 1. The molecule has 1 saturated carbocycles. The van der Waals surface area contributed by atoms with Gasteiger partial charge in [0.15, 0.2) is 0 Å². The molecule has 1 aliphatic carbocycles. The number of hydrogen-bond donors (Lipinski definition) is 1. The average molecular weight is 245 g/mol. The Morgan fingerprint density at radius 1 is 1.28 bits per heavy atom. The topological polar surface area (TPSA) is 29.1 Å². The molecule has 2 heteroatoms. The first-order chi connectivity index (χ1) is 8.81. The van der Waals surface area contributed by atoms with Gasteiger partial charge in [-0.05, 0) is 24.8 Å². The Bertz CT molecular complexity index is 368. The van der Waals surface area contributed by atoms with Crippen LogP contribution in [0.1, 0.15) is 56.9 Å². The van der Waals surface area contributed by atoms with Crippen molar-refractivity contribution in [1.82, 2.24) is 5.32 Å². The summed E-state index contributed by atoms with van der Waals surface area (Å²) in [6.45, 7) is 2.14. The van der Waals surface area contributed by atoms with Gasteiger partial charge in [-0.1, -0.05) is 56.5 Å². The minimum Gasteiger partial charge on any atom is -0.353 e. The van der Waals surface area contributed by atoms with Crippen LogP contribution in [0.3, 0.4) is 0 Å². The maximum atomic E-state index is 12.4. The van der Waals surface area contributed by atoms with E-state index in [1.54, 1.807) is 0 Å². The largest absolute Gasteiger partial charge is 0.353 e. The van der Waals surface area contributed by atoms with Crippen molar-refractivity contribution in [2.75, 3.05) is 0 Å². The Morgan fingerprint density at radius 3 is 2.56 bits per heavy atom. The third kappa shape index (κ3) is 3.34. The molecule has 0 radical (unpaired) electrons. The molecule has 0 bridgehead atoms. The van der Waals surface area contributed by atoms with Crippen molar-refractivity contribution in [3.63, 3.8) is 0 Å². The molecule has 1 amide bonds. The molecule has 1 aliphatic rings. The first-order valence-corrected chi connectivity index (χ1v) is 7.16. The van der Waals surface area contributed by atoms with Gasteiger partial charge in [0, 0.05) is 6.04 Å². The first-order valence-electron chi connectivity index (χ1n) is 7.16. The van der Waals surface area contributed by atoms with E-state index in [4.69, 9.17) is 0 Å². The van der Waals surface area contributed by atoms with Crippen molar-refractivity contribution in [3.05, 3.63) is 35.9 Å². The molecule has 0 aliphatic heterocycles. The van der Waals surface area contributed by atoms with E-state index >= 15 is 0 Å². The van der Waals surface area contributed by atoms with Crippen LogP contribution >= 0.6 is 0 Å². The average Bonchev–Trinajstić information content (AvgIpc) is 2.89. The van der Waals surface area contributed by atoms with E-state index in [-0.39, 0.29) is 11.8 Å². The van der Waals surface area contributed by atoms with Crippen molar-refractivity contribution < 1.29 is 4.79 Å². The Balaban J connectivity index is 2.02. The molecule has 0 saturated heterocycles. The summed E-state index contributed by atoms with van der Waals surface area (Å²) in [5.41, 5.74) is 1.15. The van der Waals surface area contributed by atoms with Crippen LogP contribution in [0.25, 0.3) is 0 Å². The number of benzene rings is 1. The summed E-state index contributed by atoms with van der Waals surface area (Å²) in [6, 6.07) is 10.6. The SMILES string of the molecule is CCCC(C(=O)NC1CCCC1)c1ccccc1. The molecule has 98 valence electrons. The maximum absolute atomic E-state index is 12.4. The van der Waals surface area contributed by atoms with Gasteiger partial charge in [-0.2, -0.15) is 0 Å². The van der Waals surface area contributed by atoms with Crippen LogP contribution < -0.4 is 5.32 Å². The zero-order valence-corrected chi connectivity index (χ0v) is 11.2. The number of nitrogens with one attached hydrogen (secondary N) is 1. The lowest BCUT2D eigenvalue weighted by Crippen LogP contribution is -2.36. The van der Waals surface area contributed by atoms with Gasteiger partial charge in [0.1, 0.15) is 0 Å². The summed E-state index contributed by atoms with van der Waals surface area (Å²) >= 11 is 0. The smallest absolute Gasteiger partial charge is 0.227 e. The van der Waals surface area contributed by atoms with Crippen LogP contribution in [0.2, 0.25) is 0 Å². The summed E-state index contributed by atoms with van der Waals surface area (Å²) in [6.07, 6.45) is 6.79. The second kappa shape index (κ2) is 6.58. The standard InChI is InChI=1S/C16H23NO/c1-2-8-15(13-9-4-3-5-10-13)16(18)17-14-11-6-7-12-14/h3-5,9-10,14-15H,2,6-8,11-12H2,1H3,(H,17,18). The predicted molar refractivity (Wildman–Crippen MR) is 74.5 cm³/mol.